The molecule has 0 bridgehead atoms. The predicted molar refractivity (Wildman–Crippen MR) is 86.9 cm³/mol. The van der Waals surface area contributed by atoms with E-state index in [0.29, 0.717) is 12.2 Å². The van der Waals surface area contributed by atoms with Gasteiger partial charge in [-0.25, -0.2) is 0 Å². The summed E-state index contributed by atoms with van der Waals surface area (Å²) in [6.45, 7) is 3.86. The van der Waals surface area contributed by atoms with Crippen molar-refractivity contribution in [1.82, 2.24) is 0 Å². The van der Waals surface area contributed by atoms with Gasteiger partial charge in [0.15, 0.2) is 5.78 Å². The van der Waals surface area contributed by atoms with Gasteiger partial charge in [-0.15, -0.1) is 0 Å². The molecule has 0 aliphatic carbocycles. The van der Waals surface area contributed by atoms with Gasteiger partial charge < -0.3 is 0 Å². The number of Topliss-reactive ketones (excluding diaryl/α,β-unsaturated/α-hetero) is 1. The van der Waals surface area contributed by atoms with E-state index < -0.39 is 0 Å². The highest BCUT2D eigenvalue weighted by atomic mass is 16.1. The molecule has 1 aromatic rings. The van der Waals surface area contributed by atoms with Gasteiger partial charge in [0.1, 0.15) is 0 Å². The molecule has 111 valence electrons. The van der Waals surface area contributed by atoms with E-state index in [9.17, 15) is 4.79 Å². The molecule has 0 saturated heterocycles. The molecule has 0 heterocycles. The molecule has 0 fully saturated rings. The van der Waals surface area contributed by atoms with Gasteiger partial charge in [0, 0.05) is 12.0 Å². The molecule has 1 aromatic carbocycles. The molecule has 1 nitrogen and oxygen atoms in total. The summed E-state index contributed by atoms with van der Waals surface area (Å²) in [5.41, 5.74) is 0.859. The number of carbonyl (C=O) groups is 1. The summed E-state index contributed by atoms with van der Waals surface area (Å²) < 4.78 is 0. The first-order chi connectivity index (χ1) is 9.84. The Morgan fingerprint density at radius 1 is 0.750 bits per heavy atom. The van der Waals surface area contributed by atoms with Crippen molar-refractivity contribution < 1.29 is 4.79 Å². The van der Waals surface area contributed by atoms with Gasteiger partial charge in [0.2, 0.25) is 0 Å². The van der Waals surface area contributed by atoms with Crippen molar-refractivity contribution in [1.29, 1.82) is 0 Å². The van der Waals surface area contributed by atoms with Crippen LogP contribution in [0.3, 0.4) is 0 Å². The lowest BCUT2D eigenvalue weighted by molar-refractivity contribution is 0.0979. The van der Waals surface area contributed by atoms with Gasteiger partial charge in [-0.3, -0.25) is 4.79 Å². The lowest BCUT2D eigenvalue weighted by Gasteiger charge is -2.02. The van der Waals surface area contributed by atoms with Crippen LogP contribution in [0.25, 0.3) is 0 Å². The van der Waals surface area contributed by atoms with Crippen molar-refractivity contribution in [2.75, 3.05) is 0 Å². The van der Waals surface area contributed by atoms with E-state index in [2.05, 4.69) is 6.92 Å². The second-order valence-corrected chi connectivity index (χ2v) is 5.57. The maximum absolute atomic E-state index is 11.9. The fourth-order valence-electron chi connectivity index (χ4n) is 2.47. The van der Waals surface area contributed by atoms with E-state index in [1.54, 1.807) is 0 Å². The first-order valence-corrected chi connectivity index (χ1v) is 8.22. The second-order valence-electron chi connectivity index (χ2n) is 5.57. The quantitative estimate of drug-likeness (QED) is 0.337. The van der Waals surface area contributed by atoms with Crippen molar-refractivity contribution in [2.45, 2.75) is 70.6 Å². The van der Waals surface area contributed by atoms with Gasteiger partial charge in [0.05, 0.1) is 0 Å². The summed E-state index contributed by atoms with van der Waals surface area (Å²) in [7, 11) is 0. The largest absolute Gasteiger partial charge is 0.294 e. The number of hydrogen-bond donors (Lipinski definition) is 0. The fraction of sp³-hybridized carbons (Fsp3) is 0.579. The Balaban J connectivity index is 1.91. The van der Waals surface area contributed by atoms with Crippen LogP contribution in [-0.4, -0.2) is 5.78 Å². The maximum atomic E-state index is 11.9. The number of ketones is 1. The minimum Gasteiger partial charge on any atom is -0.294 e. The number of carbonyl (C=O) groups excluding carboxylic acids is 1. The summed E-state index contributed by atoms with van der Waals surface area (Å²) in [4.78, 5) is 11.9. The summed E-state index contributed by atoms with van der Waals surface area (Å²) >= 11 is 0. The molecular formula is C19H29O. The van der Waals surface area contributed by atoms with Crippen LogP contribution in [0.2, 0.25) is 0 Å². The second kappa shape index (κ2) is 11.7. The van der Waals surface area contributed by atoms with Crippen molar-refractivity contribution in [2.24, 2.45) is 0 Å². The van der Waals surface area contributed by atoms with Gasteiger partial charge in [-0.05, 0) is 6.42 Å². The Kier molecular flexibility index (Phi) is 9.91. The van der Waals surface area contributed by atoms with Gasteiger partial charge in [-0.1, -0.05) is 95.0 Å². The van der Waals surface area contributed by atoms with E-state index in [4.69, 9.17) is 0 Å². The van der Waals surface area contributed by atoms with Crippen LogP contribution in [0.4, 0.5) is 0 Å². The van der Waals surface area contributed by atoms with Crippen LogP contribution in [0.15, 0.2) is 30.3 Å². The van der Waals surface area contributed by atoms with Gasteiger partial charge in [-0.2, -0.15) is 0 Å². The van der Waals surface area contributed by atoms with E-state index in [1.807, 2.05) is 30.3 Å². The third-order valence-corrected chi connectivity index (χ3v) is 3.75. The minimum absolute atomic E-state index is 0.291. The fourth-order valence-corrected chi connectivity index (χ4v) is 2.47. The number of rotatable bonds is 12. The first kappa shape index (κ1) is 16.9. The van der Waals surface area contributed by atoms with Crippen LogP contribution >= 0.6 is 0 Å². The smallest absolute Gasteiger partial charge is 0.162 e. The molecule has 0 atom stereocenters. The molecule has 0 aliphatic rings. The molecule has 1 rings (SSSR count). The Morgan fingerprint density at radius 2 is 1.25 bits per heavy atom. The first-order valence-electron chi connectivity index (χ1n) is 8.22. The van der Waals surface area contributed by atoms with Crippen molar-refractivity contribution in [3.63, 3.8) is 0 Å². The normalized spacial score (nSPS) is 10.7. The summed E-state index contributed by atoms with van der Waals surface area (Å²) in [5.74, 6) is 0.291. The molecule has 20 heavy (non-hydrogen) atoms. The number of hydrogen-bond acceptors (Lipinski definition) is 1. The Labute approximate surface area is 124 Å². The molecule has 0 saturated carbocycles. The average Bonchev–Trinajstić information content (AvgIpc) is 2.50. The Bertz CT molecular complexity index is 342. The molecule has 1 radical (unpaired) electrons. The van der Waals surface area contributed by atoms with E-state index in [-0.39, 0.29) is 0 Å². The van der Waals surface area contributed by atoms with E-state index in [1.165, 1.54) is 51.4 Å². The van der Waals surface area contributed by atoms with Gasteiger partial charge in [0.25, 0.3) is 0 Å². The van der Waals surface area contributed by atoms with Crippen LogP contribution in [0, 0.1) is 6.92 Å². The van der Waals surface area contributed by atoms with E-state index >= 15 is 0 Å². The predicted octanol–water partition coefficient (Wildman–Crippen LogP) is 5.99. The summed E-state index contributed by atoms with van der Waals surface area (Å²) in [6.07, 6.45) is 13.3. The molecule has 0 aliphatic heterocycles. The Morgan fingerprint density at radius 3 is 1.80 bits per heavy atom. The topological polar surface area (TPSA) is 17.1 Å². The highest BCUT2D eigenvalue weighted by Crippen LogP contribution is 2.12. The molecular weight excluding hydrogens is 244 g/mol. The van der Waals surface area contributed by atoms with Crippen molar-refractivity contribution in [3.05, 3.63) is 42.8 Å². The zero-order valence-corrected chi connectivity index (χ0v) is 12.8. The third kappa shape index (κ3) is 8.14. The van der Waals surface area contributed by atoms with Crippen molar-refractivity contribution in [3.8, 4) is 0 Å². The molecule has 0 spiro atoms. The third-order valence-electron chi connectivity index (χ3n) is 3.75. The Hall–Kier alpha value is -1.11. The maximum Gasteiger partial charge on any atom is 0.162 e. The molecule has 1 heteroatoms. The lowest BCUT2D eigenvalue weighted by Crippen LogP contribution is -1.98. The zero-order chi connectivity index (χ0) is 14.5. The molecule has 0 N–H and O–H groups in total. The van der Waals surface area contributed by atoms with Crippen LogP contribution in [0.1, 0.15) is 81.0 Å². The van der Waals surface area contributed by atoms with Crippen LogP contribution in [-0.2, 0) is 0 Å². The zero-order valence-electron chi connectivity index (χ0n) is 12.8. The minimum atomic E-state index is 0.291. The molecule has 0 unspecified atom stereocenters. The standard InChI is InChI=1S/C19H29O/c1-2-3-4-5-6-7-8-9-10-14-17-19(20)18-15-12-11-13-16-18/h11-13,15-16H,1-10,14,17H2. The van der Waals surface area contributed by atoms with E-state index in [0.717, 1.165) is 18.4 Å². The van der Waals surface area contributed by atoms with Gasteiger partial charge >= 0.3 is 0 Å². The van der Waals surface area contributed by atoms with Crippen molar-refractivity contribution >= 4 is 5.78 Å². The highest BCUT2D eigenvalue weighted by molar-refractivity contribution is 5.95. The number of unbranched alkanes of at least 4 members (excludes halogenated alkanes) is 9. The molecule has 0 aromatic heterocycles. The van der Waals surface area contributed by atoms with Crippen LogP contribution in [0.5, 0.6) is 0 Å². The average molecular weight is 273 g/mol. The highest BCUT2D eigenvalue weighted by Gasteiger charge is 2.03. The summed E-state index contributed by atoms with van der Waals surface area (Å²) in [5, 5.41) is 0. The SMILES string of the molecule is [CH2]CCCCCCCCCCCC(=O)c1ccccc1. The number of benzene rings is 1. The summed E-state index contributed by atoms with van der Waals surface area (Å²) in [6, 6.07) is 9.64. The van der Waals surface area contributed by atoms with Crippen LogP contribution < -0.4 is 0 Å². The lowest BCUT2D eigenvalue weighted by atomic mass is 10.0. The molecule has 0 amide bonds. The monoisotopic (exact) mass is 273 g/mol.